The Morgan fingerprint density at radius 2 is 2.05 bits per heavy atom. The SMILES string of the molecule is COc1ccc(C)cc1NCCC(=O)NCCN(C)C. The van der Waals surface area contributed by atoms with Gasteiger partial charge in [-0.2, -0.15) is 0 Å². The Hall–Kier alpha value is -1.75. The standard InChI is InChI=1S/C15H25N3O2/c1-12-5-6-14(20-4)13(11-12)16-8-7-15(19)17-9-10-18(2)3/h5-6,11,16H,7-10H2,1-4H3,(H,17,19). The minimum Gasteiger partial charge on any atom is -0.495 e. The molecule has 0 bridgehead atoms. The van der Waals surface area contributed by atoms with Gasteiger partial charge in [-0.05, 0) is 38.7 Å². The molecule has 1 aromatic rings. The molecule has 2 N–H and O–H groups in total. The third kappa shape index (κ3) is 5.93. The second-order valence-corrected chi connectivity index (χ2v) is 5.03. The van der Waals surface area contributed by atoms with E-state index in [2.05, 4.69) is 10.6 Å². The second-order valence-electron chi connectivity index (χ2n) is 5.03. The Bertz CT molecular complexity index is 433. The molecule has 0 fully saturated rings. The zero-order valence-corrected chi connectivity index (χ0v) is 12.8. The fourth-order valence-corrected chi connectivity index (χ4v) is 1.78. The maximum absolute atomic E-state index is 11.6. The third-order valence-electron chi connectivity index (χ3n) is 2.90. The molecule has 20 heavy (non-hydrogen) atoms. The number of likely N-dealkylation sites (N-methyl/N-ethyl adjacent to an activating group) is 1. The first kappa shape index (κ1) is 16.3. The smallest absolute Gasteiger partial charge is 0.221 e. The van der Waals surface area contributed by atoms with Crippen molar-refractivity contribution in [2.45, 2.75) is 13.3 Å². The number of hydrogen-bond acceptors (Lipinski definition) is 4. The molecule has 5 heteroatoms. The van der Waals surface area contributed by atoms with Crippen LogP contribution in [0.15, 0.2) is 18.2 Å². The Kier molecular flexibility index (Phi) is 6.87. The van der Waals surface area contributed by atoms with Gasteiger partial charge in [-0.3, -0.25) is 4.79 Å². The highest BCUT2D eigenvalue weighted by Gasteiger charge is 2.04. The summed E-state index contributed by atoms with van der Waals surface area (Å²) >= 11 is 0. The highest BCUT2D eigenvalue weighted by molar-refractivity contribution is 5.76. The first-order chi connectivity index (χ1) is 9.52. The molecule has 112 valence electrons. The van der Waals surface area contributed by atoms with E-state index in [4.69, 9.17) is 4.74 Å². The van der Waals surface area contributed by atoms with Gasteiger partial charge < -0.3 is 20.3 Å². The number of carbonyl (C=O) groups excluding carboxylic acids is 1. The fourth-order valence-electron chi connectivity index (χ4n) is 1.78. The van der Waals surface area contributed by atoms with E-state index >= 15 is 0 Å². The summed E-state index contributed by atoms with van der Waals surface area (Å²) in [4.78, 5) is 13.7. The van der Waals surface area contributed by atoms with Crippen LogP contribution in [0.1, 0.15) is 12.0 Å². The van der Waals surface area contributed by atoms with Gasteiger partial charge in [-0.25, -0.2) is 0 Å². The van der Waals surface area contributed by atoms with Crippen molar-refractivity contribution >= 4 is 11.6 Å². The number of amides is 1. The van der Waals surface area contributed by atoms with E-state index in [1.807, 2.05) is 44.1 Å². The summed E-state index contributed by atoms with van der Waals surface area (Å²) in [5.41, 5.74) is 2.08. The largest absolute Gasteiger partial charge is 0.495 e. The van der Waals surface area contributed by atoms with Crippen LogP contribution in [-0.4, -0.2) is 51.6 Å². The normalized spacial score (nSPS) is 10.4. The molecule has 0 unspecified atom stereocenters. The Balaban J connectivity index is 2.33. The van der Waals surface area contributed by atoms with Crippen LogP contribution in [0.3, 0.4) is 0 Å². The maximum atomic E-state index is 11.6. The predicted molar refractivity (Wildman–Crippen MR) is 82.4 cm³/mol. The van der Waals surface area contributed by atoms with Crippen LogP contribution in [0.4, 0.5) is 5.69 Å². The van der Waals surface area contributed by atoms with E-state index < -0.39 is 0 Å². The van der Waals surface area contributed by atoms with Gasteiger partial charge in [0.25, 0.3) is 0 Å². The molecular formula is C15H25N3O2. The van der Waals surface area contributed by atoms with Crippen molar-refractivity contribution < 1.29 is 9.53 Å². The minimum atomic E-state index is 0.0611. The molecule has 0 aliphatic carbocycles. The molecule has 1 rings (SSSR count). The minimum absolute atomic E-state index is 0.0611. The number of benzene rings is 1. The van der Waals surface area contributed by atoms with Gasteiger partial charge in [-0.15, -0.1) is 0 Å². The molecular weight excluding hydrogens is 254 g/mol. The topological polar surface area (TPSA) is 53.6 Å². The highest BCUT2D eigenvalue weighted by atomic mass is 16.5. The number of hydrogen-bond donors (Lipinski definition) is 2. The van der Waals surface area contributed by atoms with Crippen molar-refractivity contribution in [1.29, 1.82) is 0 Å². The molecule has 1 aromatic carbocycles. The van der Waals surface area contributed by atoms with Gasteiger partial charge in [0.05, 0.1) is 12.8 Å². The van der Waals surface area contributed by atoms with Gasteiger partial charge in [0.1, 0.15) is 5.75 Å². The van der Waals surface area contributed by atoms with Crippen molar-refractivity contribution in [2.24, 2.45) is 0 Å². The summed E-state index contributed by atoms with van der Waals surface area (Å²) in [5, 5.41) is 6.13. The molecule has 0 aromatic heterocycles. The maximum Gasteiger partial charge on any atom is 0.221 e. The molecule has 0 aliphatic rings. The lowest BCUT2D eigenvalue weighted by atomic mass is 10.2. The monoisotopic (exact) mass is 279 g/mol. The fraction of sp³-hybridized carbons (Fsp3) is 0.533. The lowest BCUT2D eigenvalue weighted by Gasteiger charge is -2.13. The first-order valence-corrected chi connectivity index (χ1v) is 6.83. The van der Waals surface area contributed by atoms with Crippen LogP contribution in [0, 0.1) is 6.92 Å². The summed E-state index contributed by atoms with van der Waals surface area (Å²) in [6.07, 6.45) is 0.449. The Morgan fingerprint density at radius 1 is 1.30 bits per heavy atom. The molecule has 0 aliphatic heterocycles. The zero-order valence-electron chi connectivity index (χ0n) is 12.8. The van der Waals surface area contributed by atoms with Crippen LogP contribution < -0.4 is 15.4 Å². The van der Waals surface area contributed by atoms with Crippen LogP contribution in [0.2, 0.25) is 0 Å². The van der Waals surface area contributed by atoms with E-state index in [1.165, 1.54) is 0 Å². The van der Waals surface area contributed by atoms with Crippen molar-refractivity contribution in [1.82, 2.24) is 10.2 Å². The van der Waals surface area contributed by atoms with Crippen molar-refractivity contribution in [2.75, 3.05) is 46.2 Å². The van der Waals surface area contributed by atoms with Crippen molar-refractivity contribution in [3.63, 3.8) is 0 Å². The number of rotatable bonds is 8. The number of nitrogens with one attached hydrogen (secondary N) is 2. The van der Waals surface area contributed by atoms with Crippen LogP contribution in [-0.2, 0) is 4.79 Å². The number of ether oxygens (including phenoxy) is 1. The van der Waals surface area contributed by atoms with Gasteiger partial charge in [0.2, 0.25) is 5.91 Å². The molecule has 0 saturated heterocycles. The molecule has 1 amide bonds. The summed E-state index contributed by atoms with van der Waals surface area (Å²) < 4.78 is 5.28. The van der Waals surface area contributed by atoms with E-state index in [0.29, 0.717) is 19.5 Å². The Morgan fingerprint density at radius 3 is 2.70 bits per heavy atom. The molecule has 0 atom stereocenters. The highest BCUT2D eigenvalue weighted by Crippen LogP contribution is 2.24. The molecule has 0 spiro atoms. The lowest BCUT2D eigenvalue weighted by molar-refractivity contribution is -0.120. The number of anilines is 1. The quantitative estimate of drug-likeness (QED) is 0.757. The van der Waals surface area contributed by atoms with Gasteiger partial charge in [-0.1, -0.05) is 6.07 Å². The van der Waals surface area contributed by atoms with Crippen molar-refractivity contribution in [3.05, 3.63) is 23.8 Å². The van der Waals surface area contributed by atoms with E-state index in [9.17, 15) is 4.79 Å². The molecule has 0 saturated carbocycles. The lowest BCUT2D eigenvalue weighted by Crippen LogP contribution is -2.32. The van der Waals surface area contributed by atoms with Gasteiger partial charge in [0, 0.05) is 26.1 Å². The summed E-state index contributed by atoms with van der Waals surface area (Å²) in [6.45, 7) is 4.15. The molecule has 5 nitrogen and oxygen atoms in total. The van der Waals surface area contributed by atoms with E-state index in [1.54, 1.807) is 7.11 Å². The second kappa shape index (κ2) is 8.43. The van der Waals surface area contributed by atoms with Crippen LogP contribution in [0.25, 0.3) is 0 Å². The predicted octanol–water partition coefficient (Wildman–Crippen LogP) is 1.48. The summed E-state index contributed by atoms with van der Waals surface area (Å²) in [5.74, 6) is 0.856. The zero-order chi connectivity index (χ0) is 15.0. The molecule has 0 radical (unpaired) electrons. The van der Waals surface area contributed by atoms with Gasteiger partial charge >= 0.3 is 0 Å². The molecule has 0 heterocycles. The van der Waals surface area contributed by atoms with Crippen molar-refractivity contribution in [3.8, 4) is 5.75 Å². The van der Waals surface area contributed by atoms with Crippen LogP contribution >= 0.6 is 0 Å². The number of nitrogens with zero attached hydrogens (tertiary/aromatic N) is 1. The first-order valence-electron chi connectivity index (χ1n) is 6.83. The summed E-state index contributed by atoms with van der Waals surface area (Å²) in [6, 6.07) is 5.94. The number of aryl methyl sites for hydroxylation is 1. The summed E-state index contributed by atoms with van der Waals surface area (Å²) in [7, 11) is 5.61. The Labute approximate surface area is 121 Å². The van der Waals surface area contributed by atoms with Crippen LogP contribution in [0.5, 0.6) is 5.75 Å². The average molecular weight is 279 g/mol. The van der Waals surface area contributed by atoms with E-state index in [0.717, 1.165) is 23.5 Å². The van der Waals surface area contributed by atoms with E-state index in [-0.39, 0.29) is 5.91 Å². The van der Waals surface area contributed by atoms with Gasteiger partial charge in [0.15, 0.2) is 0 Å². The average Bonchev–Trinajstić information content (AvgIpc) is 2.38. The number of carbonyl (C=O) groups is 1. The number of methoxy groups -OCH3 is 1. The third-order valence-corrected chi connectivity index (χ3v) is 2.90.